The summed E-state index contributed by atoms with van der Waals surface area (Å²) in [5.74, 6) is -3.23. The molecule has 192 valence electrons. The van der Waals surface area contributed by atoms with Gasteiger partial charge >= 0.3 is 11.9 Å². The lowest BCUT2D eigenvalue weighted by Gasteiger charge is -2.16. The second kappa shape index (κ2) is 11.3. The quantitative estimate of drug-likeness (QED) is 0.537. The average molecular weight is 516 g/mol. The maximum Gasteiger partial charge on any atom is 0.341 e. The van der Waals surface area contributed by atoms with Gasteiger partial charge in [0.1, 0.15) is 5.00 Å². The fraction of sp³-hybridized carbons (Fsp3) is 0.400. The largest absolute Gasteiger partial charge is 0.462 e. The van der Waals surface area contributed by atoms with Crippen molar-refractivity contribution in [1.29, 1.82) is 0 Å². The third kappa shape index (κ3) is 5.91. The summed E-state index contributed by atoms with van der Waals surface area (Å²) in [6.45, 7) is 4.87. The van der Waals surface area contributed by atoms with Crippen molar-refractivity contribution in [3.63, 3.8) is 0 Å². The van der Waals surface area contributed by atoms with E-state index in [9.17, 15) is 24.0 Å². The van der Waals surface area contributed by atoms with Gasteiger partial charge in [0.05, 0.1) is 23.0 Å². The second-order valence-electron chi connectivity index (χ2n) is 8.58. The van der Waals surface area contributed by atoms with Crippen molar-refractivity contribution in [2.45, 2.75) is 27.2 Å². The van der Waals surface area contributed by atoms with Crippen molar-refractivity contribution in [2.24, 2.45) is 5.92 Å². The number of rotatable bonds is 8. The van der Waals surface area contributed by atoms with E-state index in [4.69, 9.17) is 9.47 Å². The third-order valence-electron chi connectivity index (χ3n) is 5.63. The molecule has 10 nitrogen and oxygen atoms in total. The van der Waals surface area contributed by atoms with Gasteiger partial charge in [0.2, 0.25) is 5.91 Å². The SMILES string of the molecule is CCOC(=O)c1c(NC(=O)COC(=O)[C@@H]2CC(=O)N(c3ccc(C)cc3)C2)sc(C(=O)N(C)C)c1C. The van der Waals surface area contributed by atoms with Gasteiger partial charge in [-0.2, -0.15) is 0 Å². The Hall–Kier alpha value is -3.73. The van der Waals surface area contributed by atoms with Crippen LogP contribution in [0.1, 0.15) is 44.5 Å². The zero-order valence-electron chi connectivity index (χ0n) is 20.9. The fourth-order valence-electron chi connectivity index (χ4n) is 3.71. The number of anilines is 2. The number of carbonyl (C=O) groups excluding carboxylic acids is 5. The lowest BCUT2D eigenvalue weighted by Crippen LogP contribution is -2.28. The smallest absolute Gasteiger partial charge is 0.341 e. The van der Waals surface area contributed by atoms with Crippen molar-refractivity contribution in [3.8, 4) is 0 Å². The predicted octanol–water partition coefficient (Wildman–Crippen LogP) is 2.78. The molecule has 2 heterocycles. The molecule has 1 N–H and O–H groups in total. The van der Waals surface area contributed by atoms with Crippen molar-refractivity contribution < 1.29 is 33.4 Å². The van der Waals surface area contributed by atoms with E-state index in [0.717, 1.165) is 16.9 Å². The minimum absolute atomic E-state index is 0.0124. The summed E-state index contributed by atoms with van der Waals surface area (Å²) in [6, 6.07) is 7.39. The molecule has 0 radical (unpaired) electrons. The van der Waals surface area contributed by atoms with Gasteiger partial charge in [-0.05, 0) is 38.5 Å². The van der Waals surface area contributed by atoms with E-state index >= 15 is 0 Å². The average Bonchev–Trinajstić information content (AvgIpc) is 3.37. The Morgan fingerprint density at radius 2 is 1.78 bits per heavy atom. The van der Waals surface area contributed by atoms with Gasteiger partial charge in [-0.15, -0.1) is 11.3 Å². The number of esters is 2. The summed E-state index contributed by atoms with van der Waals surface area (Å²) in [5.41, 5.74) is 2.23. The van der Waals surface area contributed by atoms with Gasteiger partial charge < -0.3 is 24.6 Å². The normalized spacial score (nSPS) is 15.0. The van der Waals surface area contributed by atoms with Crippen LogP contribution in [0.2, 0.25) is 0 Å². The van der Waals surface area contributed by atoms with Gasteiger partial charge in [0, 0.05) is 32.7 Å². The summed E-state index contributed by atoms with van der Waals surface area (Å²) in [6.07, 6.45) is -0.0124. The van der Waals surface area contributed by atoms with Crippen molar-refractivity contribution in [1.82, 2.24) is 4.90 Å². The molecule has 1 saturated heterocycles. The molecule has 1 aromatic heterocycles. The molecule has 0 saturated carbocycles. The highest BCUT2D eigenvalue weighted by Crippen LogP contribution is 2.34. The lowest BCUT2D eigenvalue weighted by molar-refractivity contribution is -0.151. The minimum Gasteiger partial charge on any atom is -0.462 e. The highest BCUT2D eigenvalue weighted by molar-refractivity contribution is 7.18. The molecule has 1 aliphatic rings. The first-order valence-electron chi connectivity index (χ1n) is 11.4. The molecule has 1 aromatic carbocycles. The maximum absolute atomic E-state index is 12.6. The monoisotopic (exact) mass is 515 g/mol. The Morgan fingerprint density at radius 1 is 1.11 bits per heavy atom. The summed E-state index contributed by atoms with van der Waals surface area (Å²) in [4.78, 5) is 65.7. The molecule has 1 fully saturated rings. The number of nitrogens with one attached hydrogen (secondary N) is 1. The molecular weight excluding hydrogens is 486 g/mol. The van der Waals surface area contributed by atoms with E-state index in [1.807, 2.05) is 31.2 Å². The van der Waals surface area contributed by atoms with Gasteiger partial charge in [0.25, 0.3) is 11.8 Å². The molecule has 3 rings (SSSR count). The van der Waals surface area contributed by atoms with Crippen LogP contribution in [-0.2, 0) is 23.9 Å². The zero-order chi connectivity index (χ0) is 26.6. The van der Waals surface area contributed by atoms with Crippen LogP contribution in [0.3, 0.4) is 0 Å². The number of nitrogens with zero attached hydrogens (tertiary/aromatic N) is 2. The van der Waals surface area contributed by atoms with Crippen LogP contribution < -0.4 is 10.2 Å². The molecule has 11 heteroatoms. The molecule has 0 aliphatic carbocycles. The summed E-state index contributed by atoms with van der Waals surface area (Å²) < 4.78 is 10.2. The van der Waals surface area contributed by atoms with Gasteiger partial charge in [0.15, 0.2) is 6.61 Å². The van der Waals surface area contributed by atoms with Crippen LogP contribution in [0.5, 0.6) is 0 Å². The molecule has 3 amide bonds. The van der Waals surface area contributed by atoms with E-state index in [1.165, 1.54) is 9.80 Å². The standard InChI is InChI=1S/C25H29N3O7S/c1-6-34-25(33)20-15(3)21(23(31)27(4)5)36-22(20)26-18(29)13-35-24(32)16-11-19(30)28(12-16)17-9-7-14(2)8-10-17/h7-10,16H,6,11-13H2,1-5H3,(H,26,29)/t16-/m1/s1. The predicted molar refractivity (Wildman–Crippen MR) is 134 cm³/mol. The van der Waals surface area contributed by atoms with Crippen LogP contribution in [0, 0.1) is 19.8 Å². The van der Waals surface area contributed by atoms with Crippen LogP contribution in [0.4, 0.5) is 10.7 Å². The van der Waals surface area contributed by atoms with Crippen LogP contribution in [0.25, 0.3) is 0 Å². The van der Waals surface area contributed by atoms with Gasteiger partial charge in [-0.1, -0.05) is 17.7 Å². The fourth-order valence-corrected chi connectivity index (χ4v) is 4.95. The number of hydrogen-bond acceptors (Lipinski definition) is 8. The molecule has 2 aromatic rings. The minimum atomic E-state index is -0.699. The topological polar surface area (TPSA) is 122 Å². The molecule has 0 bridgehead atoms. The summed E-state index contributed by atoms with van der Waals surface area (Å²) >= 11 is 0.948. The number of hydrogen-bond donors (Lipinski definition) is 1. The highest BCUT2D eigenvalue weighted by atomic mass is 32.1. The summed E-state index contributed by atoms with van der Waals surface area (Å²) in [7, 11) is 3.16. The number of amides is 3. The number of benzene rings is 1. The van der Waals surface area contributed by atoms with Crippen molar-refractivity contribution >= 4 is 51.7 Å². The Labute approximate surface area is 213 Å². The van der Waals surface area contributed by atoms with Crippen molar-refractivity contribution in [2.75, 3.05) is 44.1 Å². The number of thiophene rings is 1. The first-order chi connectivity index (χ1) is 17.0. The first kappa shape index (κ1) is 26.9. The third-order valence-corrected chi connectivity index (χ3v) is 6.82. The Bertz CT molecular complexity index is 1190. The van der Waals surface area contributed by atoms with E-state index in [2.05, 4.69) is 5.32 Å². The van der Waals surface area contributed by atoms with E-state index in [-0.39, 0.29) is 46.8 Å². The highest BCUT2D eigenvalue weighted by Gasteiger charge is 2.36. The van der Waals surface area contributed by atoms with E-state index < -0.39 is 30.4 Å². The number of ether oxygens (including phenoxy) is 2. The summed E-state index contributed by atoms with van der Waals surface area (Å²) in [5, 5.41) is 2.69. The van der Waals surface area contributed by atoms with Gasteiger partial charge in [-0.3, -0.25) is 19.2 Å². The molecule has 0 unspecified atom stereocenters. The van der Waals surface area contributed by atoms with E-state index in [1.54, 1.807) is 27.9 Å². The van der Waals surface area contributed by atoms with E-state index in [0.29, 0.717) is 11.3 Å². The molecule has 36 heavy (non-hydrogen) atoms. The number of aryl methyl sites for hydroxylation is 1. The maximum atomic E-state index is 12.6. The van der Waals surface area contributed by atoms with Crippen LogP contribution in [-0.4, -0.2) is 68.4 Å². The second-order valence-corrected chi connectivity index (χ2v) is 9.60. The molecule has 0 spiro atoms. The van der Waals surface area contributed by atoms with Crippen molar-refractivity contribution in [3.05, 3.63) is 45.8 Å². The lowest BCUT2D eigenvalue weighted by atomic mass is 10.1. The molecule has 1 atom stereocenters. The molecular formula is C25H29N3O7S. The Morgan fingerprint density at radius 3 is 2.39 bits per heavy atom. The van der Waals surface area contributed by atoms with Crippen LogP contribution in [0.15, 0.2) is 24.3 Å². The van der Waals surface area contributed by atoms with Gasteiger partial charge in [-0.25, -0.2) is 4.79 Å². The van der Waals surface area contributed by atoms with Crippen LogP contribution >= 0.6 is 11.3 Å². The Kier molecular flexibility index (Phi) is 8.46. The zero-order valence-corrected chi connectivity index (χ0v) is 21.7. The first-order valence-corrected chi connectivity index (χ1v) is 12.2. The number of carbonyl (C=O) groups is 5. The molecule has 1 aliphatic heterocycles. The Balaban J connectivity index is 1.65.